The first-order chi connectivity index (χ1) is 9.79. The second-order valence-corrected chi connectivity index (χ2v) is 7.00. The summed E-state index contributed by atoms with van der Waals surface area (Å²) < 4.78 is 0. The monoisotopic (exact) mass is 297 g/mol. The number of piperazine rings is 1. The lowest BCUT2D eigenvalue weighted by molar-refractivity contribution is -0.143. The smallest absolute Gasteiger partial charge is 0.317 e. The highest BCUT2D eigenvalue weighted by atomic mass is 16.4. The molecule has 1 saturated heterocycles. The van der Waals surface area contributed by atoms with Gasteiger partial charge in [0.05, 0.1) is 5.92 Å². The van der Waals surface area contributed by atoms with Crippen molar-refractivity contribution in [2.75, 3.05) is 26.7 Å². The van der Waals surface area contributed by atoms with Crippen LogP contribution in [0.15, 0.2) is 0 Å². The van der Waals surface area contributed by atoms with E-state index in [0.717, 1.165) is 32.4 Å². The topological polar surface area (TPSA) is 72.9 Å². The van der Waals surface area contributed by atoms with Crippen LogP contribution in [0.3, 0.4) is 0 Å². The molecule has 120 valence electrons. The van der Waals surface area contributed by atoms with E-state index in [9.17, 15) is 9.59 Å². The number of carbonyl (C=O) groups excluding carboxylic acids is 1. The fourth-order valence-corrected chi connectivity index (χ4v) is 3.22. The fraction of sp³-hybridized carbons (Fsp3) is 0.867. The van der Waals surface area contributed by atoms with Gasteiger partial charge in [0.2, 0.25) is 0 Å². The van der Waals surface area contributed by atoms with E-state index in [1.54, 1.807) is 0 Å². The Morgan fingerprint density at radius 1 is 1.24 bits per heavy atom. The SMILES string of the molecule is CN1CCN(C(=O)NC2CCCC(C(=O)O)C2)CC1(C)C. The molecule has 0 aromatic heterocycles. The Hall–Kier alpha value is -1.30. The van der Waals surface area contributed by atoms with Gasteiger partial charge in [-0.05, 0) is 40.2 Å². The van der Waals surface area contributed by atoms with Gasteiger partial charge in [-0.2, -0.15) is 0 Å². The first-order valence-electron chi connectivity index (χ1n) is 7.79. The molecule has 1 aliphatic carbocycles. The van der Waals surface area contributed by atoms with E-state index in [1.807, 2.05) is 4.90 Å². The Morgan fingerprint density at radius 2 is 1.95 bits per heavy atom. The zero-order chi connectivity index (χ0) is 15.6. The molecule has 21 heavy (non-hydrogen) atoms. The molecule has 0 spiro atoms. The van der Waals surface area contributed by atoms with E-state index < -0.39 is 5.97 Å². The third-order valence-corrected chi connectivity index (χ3v) is 4.95. The van der Waals surface area contributed by atoms with Crippen LogP contribution < -0.4 is 5.32 Å². The molecule has 1 saturated carbocycles. The minimum Gasteiger partial charge on any atom is -0.481 e. The average Bonchev–Trinajstić information content (AvgIpc) is 2.42. The van der Waals surface area contributed by atoms with Gasteiger partial charge in [0.25, 0.3) is 0 Å². The van der Waals surface area contributed by atoms with Crippen molar-refractivity contribution < 1.29 is 14.7 Å². The number of hydrogen-bond donors (Lipinski definition) is 2. The standard InChI is InChI=1S/C15H27N3O3/c1-15(2)10-18(8-7-17(15)3)14(21)16-12-6-4-5-11(9-12)13(19)20/h11-12H,4-10H2,1-3H3,(H,16,21)(H,19,20). The number of aliphatic carboxylic acids is 1. The van der Waals surface area contributed by atoms with Crippen LogP contribution in [0.5, 0.6) is 0 Å². The highest BCUT2D eigenvalue weighted by Crippen LogP contribution is 2.25. The van der Waals surface area contributed by atoms with Crippen LogP contribution in [0.4, 0.5) is 4.79 Å². The van der Waals surface area contributed by atoms with Crippen LogP contribution in [0.2, 0.25) is 0 Å². The van der Waals surface area contributed by atoms with Crippen molar-refractivity contribution in [1.82, 2.24) is 15.1 Å². The maximum Gasteiger partial charge on any atom is 0.317 e. The number of nitrogens with zero attached hydrogens (tertiary/aromatic N) is 2. The Kier molecular flexibility index (Phi) is 4.76. The molecule has 0 bridgehead atoms. The van der Waals surface area contributed by atoms with E-state index in [0.29, 0.717) is 13.0 Å². The van der Waals surface area contributed by atoms with Crippen LogP contribution in [-0.4, -0.2) is 65.2 Å². The Bertz CT molecular complexity index is 411. The summed E-state index contributed by atoms with van der Waals surface area (Å²) in [5, 5.41) is 12.1. The molecule has 2 aliphatic rings. The van der Waals surface area contributed by atoms with Gasteiger partial charge in [-0.3, -0.25) is 9.69 Å². The zero-order valence-corrected chi connectivity index (χ0v) is 13.3. The molecule has 2 unspecified atom stereocenters. The van der Waals surface area contributed by atoms with Crippen LogP contribution in [0.1, 0.15) is 39.5 Å². The van der Waals surface area contributed by atoms with Gasteiger partial charge in [0.15, 0.2) is 0 Å². The third kappa shape index (κ3) is 3.87. The summed E-state index contributed by atoms with van der Waals surface area (Å²) >= 11 is 0. The maximum atomic E-state index is 12.4. The minimum absolute atomic E-state index is 0.00452. The lowest BCUT2D eigenvalue weighted by atomic mass is 9.86. The number of likely N-dealkylation sites (N-methyl/N-ethyl adjacent to an activating group) is 1. The van der Waals surface area contributed by atoms with Crippen LogP contribution in [0, 0.1) is 5.92 Å². The van der Waals surface area contributed by atoms with Gasteiger partial charge in [-0.15, -0.1) is 0 Å². The summed E-state index contributed by atoms with van der Waals surface area (Å²) in [6.07, 6.45) is 3.03. The van der Waals surface area contributed by atoms with Gasteiger partial charge in [0.1, 0.15) is 0 Å². The Morgan fingerprint density at radius 3 is 2.57 bits per heavy atom. The summed E-state index contributed by atoms with van der Waals surface area (Å²) in [5.74, 6) is -1.05. The van der Waals surface area contributed by atoms with Crippen molar-refractivity contribution in [1.29, 1.82) is 0 Å². The number of carbonyl (C=O) groups is 2. The molecule has 1 aliphatic heterocycles. The fourth-order valence-electron chi connectivity index (χ4n) is 3.22. The molecule has 2 amide bonds. The molecule has 2 atom stereocenters. The summed E-state index contributed by atoms with van der Waals surface area (Å²) in [7, 11) is 2.08. The summed E-state index contributed by atoms with van der Waals surface area (Å²) in [6.45, 7) is 6.55. The zero-order valence-electron chi connectivity index (χ0n) is 13.3. The predicted octanol–water partition coefficient (Wildman–Crippen LogP) is 1.37. The van der Waals surface area contributed by atoms with Gasteiger partial charge in [-0.25, -0.2) is 4.79 Å². The summed E-state index contributed by atoms with van der Waals surface area (Å²) in [6, 6.07) is -0.0534. The number of hydrogen-bond acceptors (Lipinski definition) is 3. The second-order valence-electron chi connectivity index (χ2n) is 7.00. The number of nitrogens with one attached hydrogen (secondary N) is 1. The maximum absolute atomic E-state index is 12.4. The lowest BCUT2D eigenvalue weighted by Crippen LogP contribution is -2.61. The van der Waals surface area contributed by atoms with Gasteiger partial charge in [-0.1, -0.05) is 6.42 Å². The van der Waals surface area contributed by atoms with Crippen molar-refractivity contribution in [3.63, 3.8) is 0 Å². The molecule has 1 heterocycles. The molecular weight excluding hydrogens is 270 g/mol. The first kappa shape index (κ1) is 16.1. The lowest BCUT2D eigenvalue weighted by Gasteiger charge is -2.45. The van der Waals surface area contributed by atoms with Gasteiger partial charge < -0.3 is 15.3 Å². The molecular formula is C15H27N3O3. The van der Waals surface area contributed by atoms with Crippen LogP contribution in [-0.2, 0) is 4.79 Å². The van der Waals surface area contributed by atoms with Crippen molar-refractivity contribution in [3.8, 4) is 0 Å². The van der Waals surface area contributed by atoms with E-state index >= 15 is 0 Å². The first-order valence-corrected chi connectivity index (χ1v) is 7.79. The van der Waals surface area contributed by atoms with Crippen molar-refractivity contribution in [2.45, 2.75) is 51.1 Å². The minimum atomic E-state index is -0.741. The van der Waals surface area contributed by atoms with Crippen molar-refractivity contribution in [3.05, 3.63) is 0 Å². The average molecular weight is 297 g/mol. The van der Waals surface area contributed by atoms with Gasteiger partial charge in [0, 0.05) is 31.2 Å². The Balaban J connectivity index is 1.88. The van der Waals surface area contributed by atoms with E-state index in [1.165, 1.54) is 0 Å². The number of amides is 2. The normalized spacial score (nSPS) is 30.0. The molecule has 0 radical (unpaired) electrons. The number of urea groups is 1. The molecule has 2 fully saturated rings. The van der Waals surface area contributed by atoms with Crippen molar-refractivity contribution in [2.24, 2.45) is 5.92 Å². The summed E-state index contributed by atoms with van der Waals surface area (Å²) in [4.78, 5) is 27.6. The van der Waals surface area contributed by atoms with E-state index in [2.05, 4.69) is 31.1 Å². The van der Waals surface area contributed by atoms with Gasteiger partial charge >= 0.3 is 12.0 Å². The third-order valence-electron chi connectivity index (χ3n) is 4.95. The molecule has 0 aromatic carbocycles. The van der Waals surface area contributed by atoms with E-state index in [4.69, 9.17) is 5.11 Å². The molecule has 6 nitrogen and oxygen atoms in total. The quantitative estimate of drug-likeness (QED) is 0.807. The van der Waals surface area contributed by atoms with E-state index in [-0.39, 0.29) is 23.5 Å². The predicted molar refractivity (Wildman–Crippen MR) is 80.2 cm³/mol. The second kappa shape index (κ2) is 6.22. The van der Waals surface area contributed by atoms with Crippen LogP contribution in [0.25, 0.3) is 0 Å². The van der Waals surface area contributed by atoms with Crippen molar-refractivity contribution >= 4 is 12.0 Å². The molecule has 0 aromatic rings. The molecule has 2 rings (SSSR count). The molecule has 6 heteroatoms. The summed E-state index contributed by atoms with van der Waals surface area (Å²) in [5.41, 5.74) is -0.0221. The largest absolute Gasteiger partial charge is 0.481 e. The highest BCUT2D eigenvalue weighted by molar-refractivity contribution is 5.75. The molecule has 2 N–H and O–H groups in total. The number of carboxylic acids is 1. The number of carboxylic acid groups (broad SMARTS) is 1. The highest BCUT2D eigenvalue weighted by Gasteiger charge is 2.34. The number of rotatable bonds is 2. The van der Waals surface area contributed by atoms with Crippen LogP contribution >= 0.6 is 0 Å². The Labute approximate surface area is 126 Å².